The van der Waals surface area contributed by atoms with Crippen LogP contribution in [0.1, 0.15) is 18.3 Å². The third kappa shape index (κ3) is 4.42. The number of amides is 1. The number of hydrogen-bond donors (Lipinski definition) is 1. The molecule has 3 rings (SSSR count). The van der Waals surface area contributed by atoms with Crippen LogP contribution in [-0.4, -0.2) is 26.8 Å². The van der Waals surface area contributed by atoms with Gasteiger partial charge < -0.3 is 9.84 Å². The predicted octanol–water partition coefficient (Wildman–Crippen LogP) is 4.39. The quantitative estimate of drug-likeness (QED) is 0.631. The van der Waals surface area contributed by atoms with Crippen LogP contribution in [0.25, 0.3) is 11.5 Å². The summed E-state index contributed by atoms with van der Waals surface area (Å²) in [7, 11) is 0. The molecule has 0 saturated carbocycles. The van der Waals surface area contributed by atoms with Gasteiger partial charge in [0.1, 0.15) is 0 Å². The number of aromatic nitrogens is 3. The molecule has 6 nitrogen and oxygen atoms in total. The first-order valence-electron chi connectivity index (χ1n) is 8.03. The molecule has 3 aromatic rings. The minimum Gasteiger partial charge on any atom is -0.334 e. The highest BCUT2D eigenvalue weighted by molar-refractivity contribution is 7.99. The molecule has 134 valence electrons. The van der Waals surface area contributed by atoms with Crippen LogP contribution in [0.5, 0.6) is 0 Å². The van der Waals surface area contributed by atoms with E-state index in [1.54, 1.807) is 18.3 Å². The number of hydrogen-bond acceptors (Lipinski definition) is 6. The van der Waals surface area contributed by atoms with Gasteiger partial charge in [0, 0.05) is 23.3 Å². The van der Waals surface area contributed by atoms with E-state index < -0.39 is 0 Å². The fourth-order valence-corrected chi connectivity index (χ4v) is 2.99. The molecule has 2 heterocycles. The summed E-state index contributed by atoms with van der Waals surface area (Å²) in [6.07, 6.45) is 2.38. The molecule has 1 aromatic carbocycles. The van der Waals surface area contributed by atoms with Crippen molar-refractivity contribution in [3.63, 3.8) is 0 Å². The van der Waals surface area contributed by atoms with E-state index in [-0.39, 0.29) is 11.7 Å². The van der Waals surface area contributed by atoms with Gasteiger partial charge in [0.05, 0.1) is 16.3 Å². The molecule has 0 unspecified atom stereocenters. The molecule has 0 radical (unpaired) electrons. The van der Waals surface area contributed by atoms with Gasteiger partial charge in [-0.1, -0.05) is 41.5 Å². The van der Waals surface area contributed by atoms with Gasteiger partial charge in [0.2, 0.25) is 5.91 Å². The van der Waals surface area contributed by atoms with Gasteiger partial charge in [0.25, 0.3) is 5.89 Å². The van der Waals surface area contributed by atoms with Crippen molar-refractivity contribution in [3.8, 4) is 11.5 Å². The van der Waals surface area contributed by atoms with Crippen LogP contribution >= 0.6 is 23.4 Å². The number of anilines is 1. The first-order chi connectivity index (χ1) is 12.6. The number of carbonyl (C=O) groups is 1. The summed E-state index contributed by atoms with van der Waals surface area (Å²) in [4.78, 5) is 20.7. The minimum atomic E-state index is -0.115. The smallest absolute Gasteiger partial charge is 0.259 e. The van der Waals surface area contributed by atoms with E-state index in [2.05, 4.69) is 20.4 Å². The number of aryl methyl sites for hydroxylation is 1. The lowest BCUT2D eigenvalue weighted by Crippen LogP contribution is -2.15. The number of nitrogens with one attached hydrogen (secondary N) is 1. The van der Waals surface area contributed by atoms with Crippen molar-refractivity contribution in [2.24, 2.45) is 0 Å². The molecule has 0 saturated heterocycles. The topological polar surface area (TPSA) is 80.9 Å². The minimum absolute atomic E-state index is 0.115. The summed E-state index contributed by atoms with van der Waals surface area (Å²) in [5.41, 5.74) is 2.32. The molecule has 0 spiro atoms. The average Bonchev–Trinajstić information content (AvgIpc) is 3.13. The molecule has 1 N–H and O–H groups in total. The summed E-state index contributed by atoms with van der Waals surface area (Å²) in [6.45, 7) is 3.83. The number of pyridine rings is 1. The lowest BCUT2D eigenvalue weighted by molar-refractivity contribution is -0.113. The summed E-state index contributed by atoms with van der Waals surface area (Å²) in [6, 6.07) is 9.10. The first kappa shape index (κ1) is 18.4. The van der Waals surface area contributed by atoms with Gasteiger partial charge in [-0.15, -0.1) is 0 Å². The third-order valence-electron chi connectivity index (χ3n) is 3.66. The number of thioether (sulfide) groups is 1. The number of carbonyl (C=O) groups excluding carboxylic acids is 1. The second-order valence-electron chi connectivity index (χ2n) is 5.50. The maximum absolute atomic E-state index is 12.1. The Labute approximate surface area is 160 Å². The first-order valence-corrected chi connectivity index (χ1v) is 9.40. The monoisotopic (exact) mass is 388 g/mol. The van der Waals surface area contributed by atoms with Crippen LogP contribution in [0.15, 0.2) is 46.1 Å². The fraction of sp³-hybridized carbons (Fsp3) is 0.222. The van der Waals surface area contributed by atoms with Crippen molar-refractivity contribution in [2.75, 3.05) is 11.1 Å². The highest BCUT2D eigenvalue weighted by Crippen LogP contribution is 2.24. The highest BCUT2D eigenvalue weighted by atomic mass is 35.5. The second kappa shape index (κ2) is 8.33. The zero-order valence-corrected chi connectivity index (χ0v) is 15.9. The molecule has 0 fully saturated rings. The number of halogens is 1. The van der Waals surface area contributed by atoms with Crippen molar-refractivity contribution in [1.82, 2.24) is 15.1 Å². The van der Waals surface area contributed by atoms with Crippen LogP contribution in [0.3, 0.4) is 0 Å². The van der Waals surface area contributed by atoms with Crippen LogP contribution in [0.4, 0.5) is 5.69 Å². The molecular weight excluding hydrogens is 372 g/mol. The lowest BCUT2D eigenvalue weighted by Gasteiger charge is -2.09. The van der Waals surface area contributed by atoms with Gasteiger partial charge in [0.15, 0.2) is 5.82 Å². The van der Waals surface area contributed by atoms with Crippen molar-refractivity contribution in [1.29, 1.82) is 0 Å². The molecule has 0 aliphatic carbocycles. The second-order valence-corrected chi connectivity index (χ2v) is 6.91. The predicted molar refractivity (Wildman–Crippen MR) is 102 cm³/mol. The molecule has 0 atom stereocenters. The zero-order chi connectivity index (χ0) is 18.5. The van der Waals surface area contributed by atoms with Gasteiger partial charge in [-0.2, -0.15) is 4.98 Å². The molecule has 26 heavy (non-hydrogen) atoms. The number of benzene rings is 1. The van der Waals surface area contributed by atoms with Crippen LogP contribution in [0, 0.1) is 6.92 Å². The lowest BCUT2D eigenvalue weighted by atomic mass is 10.2. The third-order valence-corrected chi connectivity index (χ3v) is 5.01. The average molecular weight is 389 g/mol. The summed E-state index contributed by atoms with van der Waals surface area (Å²) in [5, 5.41) is 8.09. The Morgan fingerprint density at radius 1 is 1.31 bits per heavy atom. The highest BCUT2D eigenvalue weighted by Gasteiger charge is 2.10. The molecular formula is C18H17ClN4O2S. The van der Waals surface area contributed by atoms with Crippen molar-refractivity contribution >= 4 is 35.0 Å². The maximum Gasteiger partial charge on any atom is 0.259 e. The zero-order valence-electron chi connectivity index (χ0n) is 14.3. The normalized spacial score (nSPS) is 10.7. The van der Waals surface area contributed by atoms with Crippen molar-refractivity contribution in [2.45, 2.75) is 25.3 Å². The van der Waals surface area contributed by atoms with Crippen LogP contribution in [0.2, 0.25) is 5.02 Å². The molecule has 0 aliphatic heterocycles. The Morgan fingerprint density at radius 3 is 2.85 bits per heavy atom. The Kier molecular flexibility index (Phi) is 5.90. The van der Waals surface area contributed by atoms with Crippen molar-refractivity contribution in [3.05, 3.63) is 52.9 Å². The van der Waals surface area contributed by atoms with E-state index in [9.17, 15) is 4.79 Å². The number of nitrogens with zero attached hydrogens (tertiary/aromatic N) is 3. The molecule has 2 aromatic heterocycles. The van der Waals surface area contributed by atoms with E-state index in [1.165, 1.54) is 11.8 Å². The van der Waals surface area contributed by atoms with E-state index in [1.807, 2.05) is 32.0 Å². The Balaban J connectivity index is 1.57. The van der Waals surface area contributed by atoms with E-state index in [4.69, 9.17) is 16.1 Å². The van der Waals surface area contributed by atoms with Gasteiger partial charge in [-0.3, -0.25) is 4.79 Å². The largest absolute Gasteiger partial charge is 0.334 e. The molecule has 1 amide bonds. The van der Waals surface area contributed by atoms with Gasteiger partial charge >= 0.3 is 0 Å². The summed E-state index contributed by atoms with van der Waals surface area (Å²) >= 11 is 7.41. The molecule has 0 aliphatic rings. The molecule has 8 heteroatoms. The number of rotatable bonds is 6. The van der Waals surface area contributed by atoms with Crippen LogP contribution < -0.4 is 5.32 Å². The Bertz CT molecular complexity index is 912. The maximum atomic E-state index is 12.1. The molecule has 0 bridgehead atoms. The summed E-state index contributed by atoms with van der Waals surface area (Å²) < 4.78 is 5.18. The summed E-state index contributed by atoms with van der Waals surface area (Å²) in [5.74, 6) is 1.24. The van der Waals surface area contributed by atoms with Crippen molar-refractivity contribution < 1.29 is 9.32 Å². The fourth-order valence-electron chi connectivity index (χ4n) is 2.18. The Hall–Kier alpha value is -2.38. The van der Waals surface area contributed by atoms with Crippen LogP contribution in [-0.2, 0) is 11.2 Å². The standard InChI is InChI=1S/C18H17ClN4O2S/c1-3-15-22-18(25-23-15)12-7-8-17(20-9-12)26-10-16(24)21-14-6-4-5-13(19)11(14)2/h4-9H,3,10H2,1-2H3,(H,21,24). The van der Waals surface area contributed by atoms with Gasteiger partial charge in [-0.05, 0) is 36.8 Å². The van der Waals surface area contributed by atoms with E-state index in [0.717, 1.165) is 21.8 Å². The van der Waals surface area contributed by atoms with E-state index >= 15 is 0 Å². The van der Waals surface area contributed by atoms with E-state index in [0.29, 0.717) is 23.2 Å². The van der Waals surface area contributed by atoms with Gasteiger partial charge in [-0.25, -0.2) is 4.98 Å². The Morgan fingerprint density at radius 2 is 2.15 bits per heavy atom. The SMILES string of the molecule is CCc1noc(-c2ccc(SCC(=O)Nc3cccc(Cl)c3C)nc2)n1.